The molecule has 2 aromatic rings. The van der Waals surface area contributed by atoms with Gasteiger partial charge in [-0.1, -0.05) is 17.7 Å². The summed E-state index contributed by atoms with van der Waals surface area (Å²) in [4.78, 5) is 11.2. The predicted octanol–water partition coefficient (Wildman–Crippen LogP) is 2.91. The van der Waals surface area contributed by atoms with Crippen LogP contribution in [0.1, 0.15) is 12.8 Å². The van der Waals surface area contributed by atoms with E-state index >= 15 is 0 Å². The van der Waals surface area contributed by atoms with Gasteiger partial charge in [-0.15, -0.1) is 11.3 Å². The van der Waals surface area contributed by atoms with Gasteiger partial charge in [0.05, 0.1) is 0 Å². The average molecular weight is 330 g/mol. The molecule has 2 heterocycles. The van der Waals surface area contributed by atoms with E-state index in [1.165, 1.54) is 15.6 Å². The highest BCUT2D eigenvalue weighted by molar-refractivity contribution is 7.91. The van der Waals surface area contributed by atoms with Gasteiger partial charge in [-0.25, -0.2) is 8.42 Å². The molecule has 1 saturated heterocycles. The molecule has 7 heteroatoms. The number of thiophene rings is 1. The SMILES string of the molecule is O=C1CCN(S(=O)(=O)c2cc3ccc(Cl)cc3s2)CC1. The molecule has 0 saturated carbocycles. The molecule has 1 aromatic heterocycles. The lowest BCUT2D eigenvalue weighted by atomic mass is 10.1. The number of sulfonamides is 1. The van der Waals surface area contributed by atoms with Crippen molar-refractivity contribution >= 4 is 48.8 Å². The maximum atomic E-state index is 12.5. The number of Topliss-reactive ketones (excluding diaryl/α,β-unsaturated/α-hetero) is 1. The van der Waals surface area contributed by atoms with Crippen molar-refractivity contribution in [3.8, 4) is 0 Å². The monoisotopic (exact) mass is 329 g/mol. The van der Waals surface area contributed by atoms with Crippen molar-refractivity contribution in [1.82, 2.24) is 4.31 Å². The molecule has 0 amide bonds. The van der Waals surface area contributed by atoms with Gasteiger partial charge in [0.15, 0.2) is 0 Å². The van der Waals surface area contributed by atoms with E-state index in [0.717, 1.165) is 10.1 Å². The Labute approximate surface area is 126 Å². The second kappa shape index (κ2) is 5.11. The second-order valence-electron chi connectivity index (χ2n) is 4.69. The highest BCUT2D eigenvalue weighted by Gasteiger charge is 2.29. The summed E-state index contributed by atoms with van der Waals surface area (Å²) in [5.41, 5.74) is 0. The van der Waals surface area contributed by atoms with Crippen LogP contribution in [0.25, 0.3) is 10.1 Å². The molecule has 0 atom stereocenters. The summed E-state index contributed by atoms with van der Waals surface area (Å²) in [6.45, 7) is 0.548. The summed E-state index contributed by atoms with van der Waals surface area (Å²) in [6, 6.07) is 6.99. The molecule has 0 radical (unpaired) electrons. The van der Waals surface area contributed by atoms with Crippen LogP contribution in [-0.4, -0.2) is 31.6 Å². The van der Waals surface area contributed by atoms with E-state index in [1.807, 2.05) is 6.07 Å². The van der Waals surface area contributed by atoms with E-state index in [4.69, 9.17) is 11.6 Å². The zero-order valence-electron chi connectivity index (χ0n) is 10.5. The number of nitrogens with zero attached hydrogens (tertiary/aromatic N) is 1. The molecule has 0 unspecified atom stereocenters. The summed E-state index contributed by atoms with van der Waals surface area (Å²) in [5, 5.41) is 1.46. The Bertz CT molecular complexity index is 772. The van der Waals surface area contributed by atoms with Gasteiger partial charge >= 0.3 is 0 Å². The molecule has 1 fully saturated rings. The number of ketones is 1. The standard InChI is InChI=1S/C13H12ClNO3S2/c14-10-2-1-9-7-13(19-12(9)8-10)20(17,18)15-5-3-11(16)4-6-15/h1-2,7-8H,3-6H2. The number of fused-ring (bicyclic) bond motifs is 1. The van der Waals surface area contributed by atoms with Gasteiger partial charge in [0, 0.05) is 35.7 Å². The topological polar surface area (TPSA) is 54.5 Å². The van der Waals surface area contributed by atoms with Crippen molar-refractivity contribution in [2.45, 2.75) is 17.1 Å². The fourth-order valence-electron chi connectivity index (χ4n) is 2.21. The lowest BCUT2D eigenvalue weighted by molar-refractivity contribution is -0.120. The van der Waals surface area contributed by atoms with Crippen molar-refractivity contribution in [2.24, 2.45) is 0 Å². The van der Waals surface area contributed by atoms with Gasteiger partial charge in [0.1, 0.15) is 9.99 Å². The maximum Gasteiger partial charge on any atom is 0.252 e. The number of carbonyl (C=O) groups excluding carboxylic acids is 1. The minimum atomic E-state index is -3.50. The third kappa shape index (κ3) is 2.48. The fourth-order valence-corrected chi connectivity index (χ4v) is 5.48. The Hall–Kier alpha value is -0.950. The maximum absolute atomic E-state index is 12.5. The van der Waals surface area contributed by atoms with Gasteiger partial charge < -0.3 is 0 Å². The molecule has 0 spiro atoms. The molecule has 1 aliphatic heterocycles. The van der Waals surface area contributed by atoms with Crippen LogP contribution in [-0.2, 0) is 14.8 Å². The molecular formula is C13H12ClNO3S2. The lowest BCUT2D eigenvalue weighted by Gasteiger charge is -2.24. The highest BCUT2D eigenvalue weighted by atomic mass is 35.5. The second-order valence-corrected chi connectivity index (χ2v) is 8.38. The van der Waals surface area contributed by atoms with Gasteiger partial charge in [-0.3, -0.25) is 4.79 Å². The number of carbonyl (C=O) groups is 1. The van der Waals surface area contributed by atoms with Crippen molar-refractivity contribution in [1.29, 1.82) is 0 Å². The number of benzene rings is 1. The Morgan fingerprint density at radius 1 is 1.15 bits per heavy atom. The normalized spacial score (nSPS) is 17.8. The number of hydrogen-bond donors (Lipinski definition) is 0. The number of hydrogen-bond acceptors (Lipinski definition) is 4. The molecular weight excluding hydrogens is 318 g/mol. The van der Waals surface area contributed by atoms with Crippen LogP contribution in [0.4, 0.5) is 0 Å². The third-order valence-electron chi connectivity index (χ3n) is 3.33. The quantitative estimate of drug-likeness (QED) is 0.851. The molecule has 0 aliphatic carbocycles. The van der Waals surface area contributed by atoms with Crippen LogP contribution in [0.3, 0.4) is 0 Å². The molecule has 0 N–H and O–H groups in total. The fraction of sp³-hybridized carbons (Fsp3) is 0.308. The van der Waals surface area contributed by atoms with E-state index in [2.05, 4.69) is 0 Å². The largest absolute Gasteiger partial charge is 0.300 e. The first-order valence-corrected chi connectivity index (χ1v) is 8.81. The highest BCUT2D eigenvalue weighted by Crippen LogP contribution is 2.33. The number of halogens is 1. The van der Waals surface area contributed by atoms with E-state index in [-0.39, 0.29) is 18.9 Å². The zero-order chi connectivity index (χ0) is 14.3. The van der Waals surface area contributed by atoms with Crippen molar-refractivity contribution < 1.29 is 13.2 Å². The first-order chi connectivity index (χ1) is 9.46. The molecule has 20 heavy (non-hydrogen) atoms. The minimum Gasteiger partial charge on any atom is -0.300 e. The van der Waals surface area contributed by atoms with Gasteiger partial charge in [0.2, 0.25) is 0 Å². The summed E-state index contributed by atoms with van der Waals surface area (Å²) >= 11 is 7.13. The zero-order valence-corrected chi connectivity index (χ0v) is 12.9. The summed E-state index contributed by atoms with van der Waals surface area (Å²) in [7, 11) is -3.50. The number of piperidine rings is 1. The van der Waals surface area contributed by atoms with E-state index < -0.39 is 10.0 Å². The van der Waals surface area contributed by atoms with E-state index in [9.17, 15) is 13.2 Å². The van der Waals surface area contributed by atoms with Crippen LogP contribution in [0.5, 0.6) is 0 Å². The predicted molar refractivity (Wildman–Crippen MR) is 79.8 cm³/mol. The molecule has 3 rings (SSSR count). The summed E-state index contributed by atoms with van der Waals surface area (Å²) in [5.74, 6) is 0.125. The molecule has 106 valence electrons. The molecule has 0 bridgehead atoms. The average Bonchev–Trinajstić information content (AvgIpc) is 2.83. The molecule has 1 aromatic carbocycles. The first kappa shape index (κ1) is 14.0. The minimum absolute atomic E-state index is 0.125. The van der Waals surface area contributed by atoms with Crippen LogP contribution < -0.4 is 0 Å². The van der Waals surface area contributed by atoms with Crippen molar-refractivity contribution in [3.05, 3.63) is 29.3 Å². The summed E-state index contributed by atoms with van der Waals surface area (Å²) in [6.07, 6.45) is 0.603. The van der Waals surface area contributed by atoms with Crippen molar-refractivity contribution in [3.63, 3.8) is 0 Å². The van der Waals surface area contributed by atoms with Crippen LogP contribution >= 0.6 is 22.9 Å². The van der Waals surface area contributed by atoms with Gasteiger partial charge in [-0.05, 0) is 23.6 Å². The van der Waals surface area contributed by atoms with Crippen molar-refractivity contribution in [2.75, 3.05) is 13.1 Å². The Morgan fingerprint density at radius 3 is 2.55 bits per heavy atom. The Kier molecular flexibility index (Phi) is 3.58. The lowest BCUT2D eigenvalue weighted by Crippen LogP contribution is -2.38. The molecule has 1 aliphatic rings. The number of rotatable bonds is 2. The Morgan fingerprint density at radius 2 is 1.85 bits per heavy atom. The smallest absolute Gasteiger partial charge is 0.252 e. The van der Waals surface area contributed by atoms with Gasteiger partial charge in [-0.2, -0.15) is 4.31 Å². The Balaban J connectivity index is 1.98. The van der Waals surface area contributed by atoms with Crippen LogP contribution in [0, 0.1) is 0 Å². The van der Waals surface area contributed by atoms with Crippen LogP contribution in [0.15, 0.2) is 28.5 Å². The van der Waals surface area contributed by atoms with Gasteiger partial charge in [0.25, 0.3) is 10.0 Å². The summed E-state index contributed by atoms with van der Waals surface area (Å²) < 4.78 is 27.6. The van der Waals surface area contributed by atoms with E-state index in [1.54, 1.807) is 18.2 Å². The first-order valence-electron chi connectivity index (χ1n) is 6.18. The molecule has 4 nitrogen and oxygen atoms in total. The van der Waals surface area contributed by atoms with Crippen LogP contribution in [0.2, 0.25) is 5.02 Å². The third-order valence-corrected chi connectivity index (χ3v) is 7.01. The van der Waals surface area contributed by atoms with E-state index in [0.29, 0.717) is 22.1 Å².